The largest absolute Gasteiger partial charge is 0.356 e. The van der Waals surface area contributed by atoms with E-state index >= 15 is 0 Å². The topological polar surface area (TPSA) is 55.4 Å². The molecule has 170 valence electrons. The smallest absolute Gasteiger partial charge is 0.191 e. The molecular formula is C28H27N5O. The molecule has 1 fully saturated rings. The lowest BCUT2D eigenvalue weighted by Crippen LogP contribution is -2.30. The number of fused-ring (bicyclic) bond motifs is 4. The summed E-state index contributed by atoms with van der Waals surface area (Å²) in [6.45, 7) is 3.90. The van der Waals surface area contributed by atoms with Gasteiger partial charge in [0.05, 0.1) is 27.8 Å². The minimum atomic E-state index is -0.0452. The van der Waals surface area contributed by atoms with Crippen molar-refractivity contribution in [1.82, 2.24) is 19.2 Å². The van der Waals surface area contributed by atoms with Gasteiger partial charge in [0.1, 0.15) is 11.5 Å². The Morgan fingerprint density at radius 2 is 1.71 bits per heavy atom. The molecule has 1 saturated heterocycles. The van der Waals surface area contributed by atoms with Crippen LogP contribution in [0.4, 0.5) is 5.82 Å². The Bertz CT molecular complexity index is 1580. The molecule has 2 aromatic carbocycles. The average Bonchev–Trinajstić information content (AvgIpc) is 3.36. The van der Waals surface area contributed by atoms with Crippen LogP contribution in [-0.2, 0) is 7.05 Å². The van der Waals surface area contributed by atoms with Crippen LogP contribution in [0.3, 0.4) is 0 Å². The molecule has 0 spiro atoms. The Kier molecular flexibility index (Phi) is 4.94. The summed E-state index contributed by atoms with van der Waals surface area (Å²) in [7, 11) is 1.99. The number of hydrogen-bond donors (Lipinski definition) is 0. The number of carbonyl (C=O) groups is 1. The van der Waals surface area contributed by atoms with Gasteiger partial charge in [-0.3, -0.25) is 4.79 Å². The van der Waals surface area contributed by atoms with Gasteiger partial charge in [-0.25, -0.2) is 9.50 Å². The number of hydrogen-bond acceptors (Lipinski definition) is 4. The number of imidazole rings is 1. The lowest BCUT2D eigenvalue weighted by Gasteiger charge is -2.29. The van der Waals surface area contributed by atoms with Crippen molar-refractivity contribution < 1.29 is 4.79 Å². The Balaban J connectivity index is 1.44. The fourth-order valence-electron chi connectivity index (χ4n) is 5.17. The molecule has 5 aromatic rings. The van der Waals surface area contributed by atoms with Crippen molar-refractivity contribution in [3.8, 4) is 0 Å². The van der Waals surface area contributed by atoms with Crippen LogP contribution in [-0.4, -0.2) is 38.0 Å². The maximum Gasteiger partial charge on any atom is 0.191 e. The van der Waals surface area contributed by atoms with E-state index in [0.717, 1.165) is 57.7 Å². The molecule has 0 radical (unpaired) electrons. The molecule has 0 unspecified atom stereocenters. The van der Waals surface area contributed by atoms with Crippen LogP contribution in [0.5, 0.6) is 0 Å². The third kappa shape index (κ3) is 3.29. The molecule has 4 heterocycles. The Morgan fingerprint density at radius 1 is 0.971 bits per heavy atom. The lowest BCUT2D eigenvalue weighted by molar-refractivity contribution is 0.104. The molecule has 0 aliphatic carbocycles. The van der Waals surface area contributed by atoms with Crippen LogP contribution >= 0.6 is 0 Å². The predicted molar refractivity (Wildman–Crippen MR) is 138 cm³/mol. The Hall–Kier alpha value is -3.93. The van der Waals surface area contributed by atoms with Crippen molar-refractivity contribution in [3.63, 3.8) is 0 Å². The second-order valence-electron chi connectivity index (χ2n) is 9.08. The molecule has 6 heteroatoms. The summed E-state index contributed by atoms with van der Waals surface area (Å²) in [5, 5.41) is 5.77. The second kappa shape index (κ2) is 8.13. The molecule has 0 saturated carbocycles. The summed E-state index contributed by atoms with van der Waals surface area (Å²) in [4.78, 5) is 20.9. The van der Waals surface area contributed by atoms with Crippen molar-refractivity contribution in [2.24, 2.45) is 7.05 Å². The van der Waals surface area contributed by atoms with Crippen LogP contribution in [0.15, 0.2) is 60.7 Å². The highest BCUT2D eigenvalue weighted by atomic mass is 16.1. The number of aromatic nitrogens is 4. The second-order valence-corrected chi connectivity index (χ2v) is 9.08. The van der Waals surface area contributed by atoms with Gasteiger partial charge in [-0.2, -0.15) is 5.10 Å². The summed E-state index contributed by atoms with van der Waals surface area (Å²) in [5.41, 5.74) is 6.21. The number of pyridine rings is 1. The molecule has 3 aromatic heterocycles. The minimum Gasteiger partial charge on any atom is -0.356 e. The Morgan fingerprint density at radius 3 is 2.53 bits per heavy atom. The van der Waals surface area contributed by atoms with Gasteiger partial charge < -0.3 is 9.47 Å². The highest BCUT2D eigenvalue weighted by Crippen LogP contribution is 2.29. The number of nitrogens with zero attached hydrogens (tertiary/aromatic N) is 5. The summed E-state index contributed by atoms with van der Waals surface area (Å²) in [6, 6.07) is 18.4. The maximum absolute atomic E-state index is 13.5. The molecule has 6 nitrogen and oxygen atoms in total. The average molecular weight is 450 g/mol. The van der Waals surface area contributed by atoms with Crippen LogP contribution in [0.2, 0.25) is 0 Å². The third-order valence-electron chi connectivity index (χ3n) is 6.87. The van der Waals surface area contributed by atoms with Gasteiger partial charge >= 0.3 is 0 Å². The van der Waals surface area contributed by atoms with E-state index in [1.54, 1.807) is 6.08 Å². The molecule has 1 aliphatic heterocycles. The van der Waals surface area contributed by atoms with Crippen LogP contribution in [0, 0.1) is 6.92 Å². The SMILES string of the molecule is Cc1nn2c3ccccc3n(C)c2c1C(=O)C=Cc1cc2ccccc2nc1N1CCCCC1. The first-order valence-corrected chi connectivity index (χ1v) is 11.9. The van der Waals surface area contributed by atoms with Gasteiger partial charge in [-0.15, -0.1) is 0 Å². The number of benzene rings is 2. The molecule has 0 amide bonds. The number of carbonyl (C=O) groups excluding carboxylic acids is 1. The number of rotatable bonds is 4. The van der Waals surface area contributed by atoms with E-state index < -0.39 is 0 Å². The lowest BCUT2D eigenvalue weighted by atomic mass is 10.1. The van der Waals surface area contributed by atoms with Gasteiger partial charge in [0.2, 0.25) is 0 Å². The van der Waals surface area contributed by atoms with E-state index in [1.807, 2.05) is 59.5 Å². The molecule has 0 atom stereocenters. The number of allylic oxidation sites excluding steroid dienone is 1. The van der Waals surface area contributed by atoms with Gasteiger partial charge in [0.15, 0.2) is 5.78 Å². The van der Waals surface area contributed by atoms with Crippen molar-refractivity contribution >= 4 is 45.3 Å². The first-order chi connectivity index (χ1) is 16.6. The number of para-hydroxylation sites is 3. The number of piperidine rings is 1. The standard InChI is InChI=1S/C28H27N5O/c1-19-26(28-31(2)23-12-6-7-13-24(23)33(28)30-19)25(34)15-14-21-18-20-10-4-5-11-22(20)29-27(21)32-16-8-3-9-17-32/h4-7,10-15,18H,3,8-9,16-17H2,1-2H3. The fraction of sp³-hybridized carbons (Fsp3) is 0.250. The van der Waals surface area contributed by atoms with Gasteiger partial charge in [-0.1, -0.05) is 30.3 Å². The quantitative estimate of drug-likeness (QED) is 0.266. The van der Waals surface area contributed by atoms with E-state index in [1.165, 1.54) is 19.3 Å². The first kappa shape index (κ1) is 20.7. The molecule has 34 heavy (non-hydrogen) atoms. The first-order valence-electron chi connectivity index (χ1n) is 11.9. The van der Waals surface area contributed by atoms with Crippen LogP contribution in [0.25, 0.3) is 33.7 Å². The fourth-order valence-corrected chi connectivity index (χ4v) is 5.17. The molecule has 0 bridgehead atoms. The molecule has 0 N–H and O–H groups in total. The highest BCUT2D eigenvalue weighted by Gasteiger charge is 2.21. The van der Waals surface area contributed by atoms with Crippen LogP contribution < -0.4 is 4.90 Å². The van der Waals surface area contributed by atoms with Crippen LogP contribution in [0.1, 0.15) is 40.9 Å². The summed E-state index contributed by atoms with van der Waals surface area (Å²) >= 11 is 0. The number of aryl methyl sites for hydroxylation is 2. The highest BCUT2D eigenvalue weighted by molar-refractivity contribution is 6.12. The molecule has 1 aliphatic rings. The zero-order chi connectivity index (χ0) is 23.2. The van der Waals surface area contributed by atoms with E-state index in [-0.39, 0.29) is 5.78 Å². The molecular weight excluding hydrogens is 422 g/mol. The van der Waals surface area contributed by atoms with E-state index in [0.29, 0.717) is 5.56 Å². The van der Waals surface area contributed by atoms with Crippen molar-refractivity contribution in [3.05, 3.63) is 77.5 Å². The van der Waals surface area contributed by atoms with Crippen molar-refractivity contribution in [2.45, 2.75) is 26.2 Å². The third-order valence-corrected chi connectivity index (χ3v) is 6.87. The van der Waals surface area contributed by atoms with E-state index in [2.05, 4.69) is 29.2 Å². The van der Waals surface area contributed by atoms with E-state index in [9.17, 15) is 4.79 Å². The maximum atomic E-state index is 13.5. The number of ketones is 1. The van der Waals surface area contributed by atoms with Gasteiger partial charge in [-0.05, 0) is 62.6 Å². The van der Waals surface area contributed by atoms with Gasteiger partial charge in [0, 0.05) is 31.1 Å². The number of anilines is 1. The summed E-state index contributed by atoms with van der Waals surface area (Å²) in [6.07, 6.45) is 7.21. The minimum absolute atomic E-state index is 0.0452. The summed E-state index contributed by atoms with van der Waals surface area (Å²) in [5.74, 6) is 0.917. The van der Waals surface area contributed by atoms with Gasteiger partial charge in [0.25, 0.3) is 0 Å². The zero-order valence-corrected chi connectivity index (χ0v) is 19.5. The van der Waals surface area contributed by atoms with Crippen molar-refractivity contribution in [2.75, 3.05) is 18.0 Å². The van der Waals surface area contributed by atoms with E-state index in [4.69, 9.17) is 10.1 Å². The zero-order valence-electron chi connectivity index (χ0n) is 19.5. The monoisotopic (exact) mass is 449 g/mol. The predicted octanol–water partition coefficient (Wildman–Crippen LogP) is 5.57. The van der Waals surface area contributed by atoms with Crippen molar-refractivity contribution in [1.29, 1.82) is 0 Å². The normalized spacial score (nSPS) is 14.7. The Labute approximate surface area is 198 Å². The summed E-state index contributed by atoms with van der Waals surface area (Å²) < 4.78 is 3.93. The molecule has 6 rings (SSSR count).